The molecule has 5 nitrogen and oxygen atoms in total. The van der Waals surface area contributed by atoms with Crippen LogP contribution in [0.1, 0.15) is 18.1 Å². The molecule has 0 spiro atoms. The summed E-state index contributed by atoms with van der Waals surface area (Å²) in [6, 6.07) is 5.44. The lowest BCUT2D eigenvalue weighted by molar-refractivity contribution is 0.529. The molecule has 1 aromatic rings. The van der Waals surface area contributed by atoms with E-state index in [1.54, 1.807) is 18.3 Å². The van der Waals surface area contributed by atoms with Gasteiger partial charge in [-0.25, -0.2) is 9.78 Å². The first-order valence-electron chi connectivity index (χ1n) is 6.31. The second kappa shape index (κ2) is 5.18. The third kappa shape index (κ3) is 2.60. The zero-order chi connectivity index (χ0) is 15.0. The maximum absolute atomic E-state index is 11.2. The highest BCUT2D eigenvalue weighted by molar-refractivity contribution is 6.31. The molecule has 0 N–H and O–H groups in total. The summed E-state index contributed by atoms with van der Waals surface area (Å²) in [7, 11) is 0. The first kappa shape index (κ1) is 13.6. The molecule has 1 aromatic heterocycles. The summed E-state index contributed by atoms with van der Waals surface area (Å²) < 4.78 is 6.82. The molecule has 2 aliphatic rings. The van der Waals surface area contributed by atoms with Gasteiger partial charge in [-0.1, -0.05) is 18.2 Å². The van der Waals surface area contributed by atoms with Crippen LogP contribution in [-0.4, -0.2) is 14.5 Å². The molecule has 0 atom stereocenters. The van der Waals surface area contributed by atoms with Crippen molar-refractivity contribution in [3.63, 3.8) is 0 Å². The molecule has 3 heterocycles. The number of aromatic nitrogens is 3. The van der Waals surface area contributed by atoms with Gasteiger partial charge in [0.2, 0.25) is 0 Å². The fourth-order valence-electron chi connectivity index (χ4n) is 2.12. The van der Waals surface area contributed by atoms with Gasteiger partial charge in [0.1, 0.15) is 5.15 Å². The Balaban J connectivity index is 2.01. The van der Waals surface area contributed by atoms with Gasteiger partial charge in [-0.05, 0) is 36.3 Å². The highest BCUT2D eigenvalue weighted by Gasteiger charge is 2.14. The molecule has 0 saturated heterocycles. The summed E-state index contributed by atoms with van der Waals surface area (Å²) in [5.74, 6) is 0.376. The van der Waals surface area contributed by atoms with Crippen LogP contribution < -0.4 is 5.76 Å². The summed E-state index contributed by atoms with van der Waals surface area (Å²) in [6.07, 6.45) is 3.53. The fourth-order valence-corrected chi connectivity index (χ4v) is 2.39. The van der Waals surface area contributed by atoms with E-state index in [0.717, 1.165) is 16.7 Å². The molecule has 0 unspecified atom stereocenters. The van der Waals surface area contributed by atoms with Crippen molar-refractivity contribution >= 4 is 17.2 Å². The Morgan fingerprint density at radius 1 is 1.52 bits per heavy atom. The predicted octanol–water partition coefficient (Wildman–Crippen LogP) is 3.07. The van der Waals surface area contributed by atoms with Gasteiger partial charge < -0.3 is 8.98 Å². The SMILES string of the molecule is C=C(C)c1cc(Cn2cccc3oc(=O)nc2-3)cnc1Cl. The predicted molar refractivity (Wildman–Crippen MR) is 80.4 cm³/mol. The summed E-state index contributed by atoms with van der Waals surface area (Å²) in [5, 5.41) is 0.428. The number of hydrogen-bond acceptors (Lipinski definition) is 4. The Bertz CT molecular complexity index is 850. The molecule has 0 bridgehead atoms. The molecule has 0 radical (unpaired) electrons. The Labute approximate surface area is 125 Å². The van der Waals surface area contributed by atoms with Gasteiger partial charge in [-0.3, -0.25) is 0 Å². The van der Waals surface area contributed by atoms with Gasteiger partial charge in [-0.2, -0.15) is 4.98 Å². The number of halogens is 1. The van der Waals surface area contributed by atoms with Crippen molar-refractivity contribution in [2.45, 2.75) is 13.5 Å². The topological polar surface area (TPSA) is 60.9 Å². The molecular formula is C15H12ClN3O2. The highest BCUT2D eigenvalue weighted by Crippen LogP contribution is 2.23. The quantitative estimate of drug-likeness (QED) is 0.698. The first-order chi connectivity index (χ1) is 10.0. The van der Waals surface area contributed by atoms with Gasteiger partial charge in [0, 0.05) is 18.0 Å². The number of hydrogen-bond donors (Lipinski definition) is 0. The molecule has 0 aromatic carbocycles. The average molecular weight is 302 g/mol. The second-order valence-corrected chi connectivity index (χ2v) is 5.12. The van der Waals surface area contributed by atoms with E-state index in [4.69, 9.17) is 16.0 Å². The van der Waals surface area contributed by atoms with E-state index < -0.39 is 5.76 Å². The van der Waals surface area contributed by atoms with E-state index in [0.29, 0.717) is 23.3 Å². The first-order valence-corrected chi connectivity index (χ1v) is 6.68. The second-order valence-electron chi connectivity index (χ2n) is 4.77. The van der Waals surface area contributed by atoms with Crippen LogP contribution in [0.5, 0.6) is 0 Å². The number of oxazole rings is 1. The summed E-state index contributed by atoms with van der Waals surface area (Å²) >= 11 is 6.05. The molecule has 21 heavy (non-hydrogen) atoms. The van der Waals surface area contributed by atoms with Crippen LogP contribution in [0.2, 0.25) is 5.15 Å². The van der Waals surface area contributed by atoms with Crippen LogP contribution >= 0.6 is 11.6 Å². The zero-order valence-corrected chi connectivity index (χ0v) is 12.1. The van der Waals surface area contributed by atoms with Crippen LogP contribution in [-0.2, 0) is 6.54 Å². The smallest absolute Gasteiger partial charge is 0.405 e. The van der Waals surface area contributed by atoms with E-state index in [1.807, 2.05) is 23.8 Å². The lowest BCUT2D eigenvalue weighted by Crippen LogP contribution is -2.06. The lowest BCUT2D eigenvalue weighted by Gasteiger charge is -2.11. The van der Waals surface area contributed by atoms with Crippen molar-refractivity contribution in [1.29, 1.82) is 0 Å². The standard InChI is InChI=1S/C15H12ClN3O2/c1-9(2)11-6-10(7-17-13(11)16)8-19-5-3-4-12-14(19)18-15(20)21-12/h3-7H,1,8H2,2H3. The summed E-state index contributed by atoms with van der Waals surface area (Å²) in [4.78, 5) is 19.3. The number of allylic oxidation sites excluding steroid dienone is 1. The normalized spacial score (nSPS) is 11.0. The van der Waals surface area contributed by atoms with E-state index in [1.165, 1.54) is 0 Å². The van der Waals surface area contributed by atoms with Crippen LogP contribution in [0.15, 0.2) is 46.4 Å². The van der Waals surface area contributed by atoms with Crippen molar-refractivity contribution in [3.05, 3.63) is 64.0 Å². The number of fused-ring (bicyclic) bond motifs is 1. The Hall–Kier alpha value is -2.40. The van der Waals surface area contributed by atoms with Crippen molar-refractivity contribution < 1.29 is 4.42 Å². The minimum Gasteiger partial charge on any atom is -0.405 e. The van der Waals surface area contributed by atoms with E-state index >= 15 is 0 Å². The van der Waals surface area contributed by atoms with Gasteiger partial charge in [0.25, 0.3) is 0 Å². The number of pyridine rings is 2. The van der Waals surface area contributed by atoms with Crippen LogP contribution in [0.3, 0.4) is 0 Å². The highest BCUT2D eigenvalue weighted by atomic mass is 35.5. The largest absolute Gasteiger partial charge is 0.441 e. The molecule has 3 rings (SSSR count). The Morgan fingerprint density at radius 3 is 3.10 bits per heavy atom. The van der Waals surface area contributed by atoms with Crippen LogP contribution in [0, 0.1) is 0 Å². The van der Waals surface area contributed by atoms with Gasteiger partial charge in [-0.15, -0.1) is 0 Å². The molecule has 0 amide bonds. The van der Waals surface area contributed by atoms with Crippen molar-refractivity contribution in [1.82, 2.24) is 14.5 Å². The molecule has 0 aliphatic carbocycles. The van der Waals surface area contributed by atoms with Crippen LogP contribution in [0.25, 0.3) is 17.2 Å². The van der Waals surface area contributed by atoms with Gasteiger partial charge >= 0.3 is 5.76 Å². The lowest BCUT2D eigenvalue weighted by atomic mass is 10.1. The maximum atomic E-state index is 11.2. The van der Waals surface area contributed by atoms with Crippen molar-refractivity contribution in [3.8, 4) is 11.6 Å². The van der Waals surface area contributed by atoms with Gasteiger partial charge in [0.15, 0.2) is 11.6 Å². The molecule has 0 fully saturated rings. The van der Waals surface area contributed by atoms with Gasteiger partial charge in [0.05, 0.1) is 6.54 Å². The van der Waals surface area contributed by atoms with E-state index in [9.17, 15) is 4.79 Å². The van der Waals surface area contributed by atoms with E-state index in [2.05, 4.69) is 16.5 Å². The zero-order valence-electron chi connectivity index (χ0n) is 11.3. The summed E-state index contributed by atoms with van der Waals surface area (Å²) in [6.45, 7) is 6.27. The maximum Gasteiger partial charge on any atom is 0.441 e. The van der Waals surface area contributed by atoms with Crippen molar-refractivity contribution in [2.24, 2.45) is 0 Å². The average Bonchev–Trinajstić information content (AvgIpc) is 2.82. The minimum atomic E-state index is -0.596. The summed E-state index contributed by atoms with van der Waals surface area (Å²) in [5.41, 5.74) is 2.60. The minimum absolute atomic E-state index is 0.428. The Morgan fingerprint density at radius 2 is 2.33 bits per heavy atom. The molecule has 2 aliphatic heterocycles. The Kier molecular flexibility index (Phi) is 3.35. The molecule has 0 saturated carbocycles. The number of nitrogens with zero attached hydrogens (tertiary/aromatic N) is 3. The third-order valence-electron chi connectivity index (χ3n) is 3.11. The van der Waals surface area contributed by atoms with E-state index in [-0.39, 0.29) is 0 Å². The van der Waals surface area contributed by atoms with Crippen LogP contribution in [0.4, 0.5) is 0 Å². The molecule has 6 heteroatoms. The monoisotopic (exact) mass is 301 g/mol. The molecule has 106 valence electrons. The third-order valence-corrected chi connectivity index (χ3v) is 3.41. The number of rotatable bonds is 3. The fraction of sp³-hybridized carbons (Fsp3) is 0.133. The van der Waals surface area contributed by atoms with Crippen molar-refractivity contribution in [2.75, 3.05) is 0 Å². The molecular weight excluding hydrogens is 290 g/mol.